The predicted molar refractivity (Wildman–Crippen MR) is 140 cm³/mol. The number of nitrogens with one attached hydrogen (secondary N) is 1. The predicted octanol–water partition coefficient (Wildman–Crippen LogP) is 2.11. The van der Waals surface area contributed by atoms with Gasteiger partial charge in [0.15, 0.2) is 17.3 Å². The molecule has 4 heterocycles. The Bertz CT molecular complexity index is 1490. The number of rotatable bonds is 8. The van der Waals surface area contributed by atoms with Crippen molar-refractivity contribution < 1.29 is 14.2 Å². The van der Waals surface area contributed by atoms with Gasteiger partial charge in [0, 0.05) is 50.9 Å². The lowest BCUT2D eigenvalue weighted by molar-refractivity contribution is 0.0984. The number of ether oxygens (including phenoxy) is 3. The Balaban J connectivity index is 1.28. The number of aromatic nitrogens is 5. The number of fused-ring (bicyclic) bond motifs is 2. The van der Waals surface area contributed by atoms with E-state index in [2.05, 4.69) is 48.5 Å². The molecular weight excluding hydrogens is 486 g/mol. The molecule has 2 aromatic carbocycles. The lowest BCUT2D eigenvalue weighted by atomic mass is 10.0. The maximum Gasteiger partial charge on any atom is 0.253 e. The molecule has 1 atom stereocenters. The quantitative estimate of drug-likeness (QED) is 0.376. The molecule has 2 aromatic heterocycles. The minimum absolute atomic E-state index is 0.129. The first-order valence-electron chi connectivity index (χ1n) is 12.8. The van der Waals surface area contributed by atoms with Crippen LogP contribution in [0.3, 0.4) is 0 Å². The molecule has 1 unspecified atom stereocenters. The summed E-state index contributed by atoms with van der Waals surface area (Å²) in [4.78, 5) is 21.2. The Hall–Kier alpha value is -3.80. The summed E-state index contributed by atoms with van der Waals surface area (Å²) in [5.74, 6) is 2.24. The van der Waals surface area contributed by atoms with Crippen LogP contribution in [-0.2, 0) is 17.8 Å². The molecule has 1 saturated heterocycles. The Morgan fingerprint density at radius 1 is 1.05 bits per heavy atom. The lowest BCUT2D eigenvalue weighted by Crippen LogP contribution is -2.48. The highest BCUT2D eigenvalue weighted by Crippen LogP contribution is 2.33. The van der Waals surface area contributed by atoms with Crippen LogP contribution < -0.4 is 15.0 Å². The first-order valence-corrected chi connectivity index (χ1v) is 12.8. The summed E-state index contributed by atoms with van der Waals surface area (Å²) in [6.45, 7) is 7.32. The topological polar surface area (TPSA) is 111 Å². The van der Waals surface area contributed by atoms with Crippen LogP contribution in [0.2, 0.25) is 0 Å². The summed E-state index contributed by atoms with van der Waals surface area (Å²) in [5.41, 5.74) is 3.64. The van der Waals surface area contributed by atoms with Crippen molar-refractivity contribution in [3.63, 3.8) is 0 Å². The van der Waals surface area contributed by atoms with Crippen molar-refractivity contribution >= 4 is 10.9 Å². The van der Waals surface area contributed by atoms with Crippen LogP contribution in [0, 0.1) is 6.92 Å². The fourth-order valence-electron chi connectivity index (χ4n) is 5.27. The number of aryl methyl sites for hydroxylation is 1. The van der Waals surface area contributed by atoms with Gasteiger partial charge in [0.25, 0.3) is 5.56 Å². The van der Waals surface area contributed by atoms with Crippen LogP contribution in [0.5, 0.6) is 11.5 Å². The second kappa shape index (κ2) is 10.5. The number of aromatic amines is 1. The van der Waals surface area contributed by atoms with E-state index in [-0.39, 0.29) is 18.4 Å². The highest BCUT2D eigenvalue weighted by atomic mass is 16.7. The van der Waals surface area contributed by atoms with Crippen LogP contribution in [0.1, 0.15) is 28.6 Å². The van der Waals surface area contributed by atoms with Crippen molar-refractivity contribution in [3.05, 3.63) is 75.3 Å². The van der Waals surface area contributed by atoms with Crippen LogP contribution in [0.15, 0.2) is 47.3 Å². The summed E-state index contributed by atoms with van der Waals surface area (Å²) < 4.78 is 18.0. The van der Waals surface area contributed by atoms with Crippen molar-refractivity contribution in [1.82, 2.24) is 35.0 Å². The number of methoxy groups -OCH3 is 1. The third-order valence-corrected chi connectivity index (χ3v) is 7.25. The molecule has 0 amide bonds. The maximum atomic E-state index is 13.4. The molecule has 4 aromatic rings. The summed E-state index contributed by atoms with van der Waals surface area (Å²) in [5, 5.41) is 13.5. The molecule has 38 heavy (non-hydrogen) atoms. The fraction of sp³-hybridized carbons (Fsp3) is 0.407. The number of nitrogens with zero attached hydrogens (tertiary/aromatic N) is 6. The Morgan fingerprint density at radius 3 is 2.74 bits per heavy atom. The van der Waals surface area contributed by atoms with Crippen LogP contribution >= 0.6 is 0 Å². The summed E-state index contributed by atoms with van der Waals surface area (Å²) in [6.07, 6.45) is 0. The van der Waals surface area contributed by atoms with Crippen LogP contribution in [0.4, 0.5) is 0 Å². The number of hydrogen-bond acceptors (Lipinski definition) is 9. The second-order valence-corrected chi connectivity index (χ2v) is 9.80. The van der Waals surface area contributed by atoms with Gasteiger partial charge in [-0.3, -0.25) is 14.6 Å². The van der Waals surface area contributed by atoms with Crippen molar-refractivity contribution in [2.24, 2.45) is 0 Å². The van der Waals surface area contributed by atoms with Gasteiger partial charge in [0.2, 0.25) is 6.79 Å². The Morgan fingerprint density at radius 2 is 1.89 bits per heavy atom. The molecule has 2 aliphatic rings. The van der Waals surface area contributed by atoms with Gasteiger partial charge in [-0.2, -0.15) is 0 Å². The minimum Gasteiger partial charge on any atom is -0.454 e. The molecule has 6 rings (SSSR count). The minimum atomic E-state index is -0.386. The van der Waals surface area contributed by atoms with E-state index < -0.39 is 0 Å². The smallest absolute Gasteiger partial charge is 0.253 e. The van der Waals surface area contributed by atoms with E-state index in [0.29, 0.717) is 24.5 Å². The van der Waals surface area contributed by atoms with Gasteiger partial charge in [0.05, 0.1) is 13.2 Å². The van der Waals surface area contributed by atoms with E-state index in [1.165, 1.54) is 5.56 Å². The molecular formula is C27H31N7O4. The Kier molecular flexibility index (Phi) is 6.79. The number of hydrogen-bond donors (Lipinski definition) is 1. The molecule has 1 N–H and O–H groups in total. The molecule has 11 heteroatoms. The first kappa shape index (κ1) is 24.5. The molecule has 2 aliphatic heterocycles. The van der Waals surface area contributed by atoms with Gasteiger partial charge in [-0.1, -0.05) is 17.7 Å². The van der Waals surface area contributed by atoms with Crippen molar-refractivity contribution in [2.75, 3.05) is 46.7 Å². The fourth-order valence-corrected chi connectivity index (χ4v) is 5.27. The average Bonchev–Trinajstić information content (AvgIpc) is 3.58. The van der Waals surface area contributed by atoms with Gasteiger partial charge in [-0.05, 0) is 58.6 Å². The zero-order valence-electron chi connectivity index (χ0n) is 21.6. The van der Waals surface area contributed by atoms with Gasteiger partial charge >= 0.3 is 0 Å². The van der Waals surface area contributed by atoms with E-state index in [1.54, 1.807) is 11.8 Å². The number of H-pyrrole nitrogens is 1. The SMILES string of the molecule is COCCn1nnnc1C(c1cc2cc(C)ccc2[nH]c1=O)N1CCN(Cc2ccc3c(c2)OCO3)CC1. The standard InChI is InChI=1S/C27H31N7O4/c1-18-3-5-22-20(13-18)15-21(27(35)28-22)25(26-29-30-31-34(26)11-12-36-2)33-9-7-32(8-10-33)16-19-4-6-23-24(14-19)38-17-37-23/h3-6,13-15,25H,7-12,16-17H2,1-2H3,(H,28,35). The highest BCUT2D eigenvalue weighted by Gasteiger charge is 2.32. The third-order valence-electron chi connectivity index (χ3n) is 7.25. The largest absolute Gasteiger partial charge is 0.454 e. The maximum absolute atomic E-state index is 13.4. The molecule has 0 bridgehead atoms. The molecule has 11 nitrogen and oxygen atoms in total. The normalized spacial score (nSPS) is 16.8. The zero-order chi connectivity index (χ0) is 26.1. The molecule has 0 saturated carbocycles. The second-order valence-electron chi connectivity index (χ2n) is 9.80. The molecule has 0 aliphatic carbocycles. The number of pyridine rings is 1. The summed E-state index contributed by atoms with van der Waals surface area (Å²) in [6, 6.07) is 13.7. The third kappa shape index (κ3) is 4.87. The summed E-state index contributed by atoms with van der Waals surface area (Å²) >= 11 is 0. The first-order chi connectivity index (χ1) is 18.6. The van der Waals surface area contributed by atoms with E-state index in [1.807, 2.05) is 31.2 Å². The van der Waals surface area contributed by atoms with Gasteiger partial charge < -0.3 is 19.2 Å². The lowest BCUT2D eigenvalue weighted by Gasteiger charge is -2.38. The number of piperazine rings is 1. The number of benzene rings is 2. The number of tetrazole rings is 1. The summed E-state index contributed by atoms with van der Waals surface area (Å²) in [7, 11) is 1.65. The van der Waals surface area contributed by atoms with E-state index in [9.17, 15) is 4.79 Å². The molecule has 0 spiro atoms. The zero-order valence-corrected chi connectivity index (χ0v) is 21.6. The highest BCUT2D eigenvalue weighted by molar-refractivity contribution is 5.79. The van der Waals surface area contributed by atoms with Crippen molar-refractivity contribution in [3.8, 4) is 11.5 Å². The van der Waals surface area contributed by atoms with Crippen molar-refractivity contribution in [1.29, 1.82) is 0 Å². The van der Waals surface area contributed by atoms with Crippen molar-refractivity contribution in [2.45, 2.75) is 26.1 Å². The Labute approximate surface area is 219 Å². The molecule has 198 valence electrons. The molecule has 0 radical (unpaired) electrons. The van der Waals surface area contributed by atoms with Gasteiger partial charge in [-0.15, -0.1) is 5.10 Å². The van der Waals surface area contributed by atoms with E-state index in [4.69, 9.17) is 14.2 Å². The van der Waals surface area contributed by atoms with Gasteiger partial charge in [0.1, 0.15) is 6.04 Å². The van der Waals surface area contributed by atoms with E-state index >= 15 is 0 Å². The van der Waals surface area contributed by atoms with Gasteiger partial charge in [-0.25, -0.2) is 4.68 Å². The van der Waals surface area contributed by atoms with Crippen LogP contribution in [-0.4, -0.2) is 81.7 Å². The van der Waals surface area contributed by atoms with Crippen LogP contribution in [0.25, 0.3) is 10.9 Å². The monoisotopic (exact) mass is 517 g/mol. The van der Waals surface area contributed by atoms with E-state index in [0.717, 1.165) is 60.7 Å². The molecule has 1 fully saturated rings. The average molecular weight is 518 g/mol.